The van der Waals surface area contributed by atoms with E-state index in [1.807, 2.05) is 13.8 Å². The Morgan fingerprint density at radius 3 is 2.96 bits per heavy atom. The van der Waals surface area contributed by atoms with Crippen LogP contribution in [0.25, 0.3) is 0 Å². The average Bonchev–Trinajstić information content (AvgIpc) is 3.14. The van der Waals surface area contributed by atoms with Crippen molar-refractivity contribution in [2.45, 2.75) is 26.8 Å². The zero-order chi connectivity index (χ0) is 16.6. The number of ether oxygens (including phenoxy) is 1. The Hall–Kier alpha value is -1.89. The van der Waals surface area contributed by atoms with Crippen molar-refractivity contribution in [1.82, 2.24) is 20.0 Å². The van der Waals surface area contributed by atoms with Crippen LogP contribution in [0.4, 0.5) is 0 Å². The van der Waals surface area contributed by atoms with Crippen LogP contribution >= 0.6 is 0 Å². The molecule has 126 valence electrons. The van der Waals surface area contributed by atoms with E-state index < -0.39 is 5.41 Å². The van der Waals surface area contributed by atoms with Crippen LogP contribution in [0.3, 0.4) is 0 Å². The highest BCUT2D eigenvalue weighted by Crippen LogP contribution is 2.42. The second kappa shape index (κ2) is 5.96. The Kier molecular flexibility index (Phi) is 4.14. The quantitative estimate of drug-likeness (QED) is 0.876. The lowest BCUT2D eigenvalue weighted by Crippen LogP contribution is -2.49. The van der Waals surface area contributed by atoms with Gasteiger partial charge in [0.2, 0.25) is 5.91 Å². The molecule has 0 saturated carbocycles. The van der Waals surface area contributed by atoms with Gasteiger partial charge in [-0.15, -0.1) is 0 Å². The van der Waals surface area contributed by atoms with Gasteiger partial charge in [0.15, 0.2) is 0 Å². The van der Waals surface area contributed by atoms with Crippen LogP contribution in [0, 0.1) is 18.3 Å². The normalized spacial score (nSPS) is 26.9. The van der Waals surface area contributed by atoms with Crippen molar-refractivity contribution >= 4 is 11.8 Å². The fourth-order valence-electron chi connectivity index (χ4n) is 3.78. The van der Waals surface area contributed by atoms with Crippen molar-refractivity contribution in [3.05, 3.63) is 17.5 Å². The van der Waals surface area contributed by atoms with E-state index in [1.54, 1.807) is 22.8 Å². The molecule has 3 heterocycles. The molecule has 0 radical (unpaired) electrons. The maximum atomic E-state index is 12.9. The van der Waals surface area contributed by atoms with E-state index in [-0.39, 0.29) is 17.7 Å². The van der Waals surface area contributed by atoms with Gasteiger partial charge in [-0.25, -0.2) is 0 Å². The number of carbonyl (C=O) groups excluding carboxylic acids is 2. The van der Waals surface area contributed by atoms with E-state index in [9.17, 15) is 9.59 Å². The highest BCUT2D eigenvalue weighted by Gasteiger charge is 2.54. The molecule has 2 aliphatic heterocycles. The molecule has 2 aliphatic rings. The first-order chi connectivity index (χ1) is 11.0. The van der Waals surface area contributed by atoms with Crippen molar-refractivity contribution in [3.8, 4) is 0 Å². The van der Waals surface area contributed by atoms with Crippen molar-refractivity contribution in [2.24, 2.45) is 11.3 Å². The molecular formula is C16H24N4O3. The van der Waals surface area contributed by atoms with Gasteiger partial charge in [0, 0.05) is 45.4 Å². The molecule has 7 heteroatoms. The number of fused-ring (bicyclic) bond motifs is 1. The van der Waals surface area contributed by atoms with Crippen LogP contribution in [-0.2, 0) is 16.1 Å². The molecular weight excluding hydrogens is 296 g/mol. The topological polar surface area (TPSA) is 76.5 Å². The third-order valence-corrected chi connectivity index (χ3v) is 5.17. The molecule has 1 N–H and O–H groups in total. The SMILES string of the molecule is CCn1cc(C(=O)N2C[C@@H]3COCC[C@]3(C(=O)NC)C2)c(C)n1. The molecule has 0 spiro atoms. The summed E-state index contributed by atoms with van der Waals surface area (Å²) >= 11 is 0. The number of carbonyl (C=O) groups is 2. The Morgan fingerprint density at radius 1 is 1.52 bits per heavy atom. The monoisotopic (exact) mass is 320 g/mol. The highest BCUT2D eigenvalue weighted by molar-refractivity contribution is 5.96. The lowest BCUT2D eigenvalue weighted by atomic mass is 9.73. The van der Waals surface area contributed by atoms with Crippen LogP contribution < -0.4 is 5.32 Å². The largest absolute Gasteiger partial charge is 0.381 e. The number of nitrogens with zero attached hydrogens (tertiary/aromatic N) is 3. The molecule has 0 aliphatic carbocycles. The summed E-state index contributed by atoms with van der Waals surface area (Å²) in [4.78, 5) is 27.2. The summed E-state index contributed by atoms with van der Waals surface area (Å²) in [6, 6.07) is 0. The molecule has 7 nitrogen and oxygen atoms in total. The van der Waals surface area contributed by atoms with E-state index >= 15 is 0 Å². The minimum atomic E-state index is -0.517. The summed E-state index contributed by atoms with van der Waals surface area (Å²) < 4.78 is 7.31. The van der Waals surface area contributed by atoms with Crippen LogP contribution in [0.15, 0.2) is 6.20 Å². The molecule has 0 aromatic carbocycles. The standard InChI is InChI=1S/C16H24N4O3/c1-4-20-8-13(11(2)18-20)14(21)19-7-12-9-23-6-5-16(12,10-19)15(22)17-3/h8,12H,4-7,9-10H2,1-3H3,(H,17,22)/t12-,16+/m1/s1. The smallest absolute Gasteiger partial charge is 0.257 e. The van der Waals surface area contributed by atoms with Gasteiger partial charge in [-0.1, -0.05) is 0 Å². The lowest BCUT2D eigenvalue weighted by Gasteiger charge is -2.36. The maximum Gasteiger partial charge on any atom is 0.257 e. The minimum Gasteiger partial charge on any atom is -0.381 e. The van der Waals surface area contributed by atoms with Gasteiger partial charge in [0.05, 0.1) is 23.3 Å². The van der Waals surface area contributed by atoms with Gasteiger partial charge < -0.3 is 15.0 Å². The van der Waals surface area contributed by atoms with Crippen LogP contribution in [-0.4, -0.2) is 59.8 Å². The van der Waals surface area contributed by atoms with E-state index in [0.717, 1.165) is 12.2 Å². The number of amides is 2. The fourth-order valence-corrected chi connectivity index (χ4v) is 3.78. The Bertz CT molecular complexity index is 627. The predicted octanol–water partition coefficient (Wildman–Crippen LogP) is 0.436. The third kappa shape index (κ3) is 2.52. The molecule has 0 unspecified atom stereocenters. The zero-order valence-electron chi connectivity index (χ0n) is 14.0. The second-order valence-electron chi connectivity index (χ2n) is 6.43. The van der Waals surface area contributed by atoms with Crippen molar-refractivity contribution in [1.29, 1.82) is 0 Å². The molecule has 23 heavy (non-hydrogen) atoms. The van der Waals surface area contributed by atoms with Crippen molar-refractivity contribution < 1.29 is 14.3 Å². The second-order valence-corrected chi connectivity index (χ2v) is 6.43. The first-order valence-electron chi connectivity index (χ1n) is 8.15. The zero-order valence-corrected chi connectivity index (χ0v) is 14.0. The molecule has 3 rings (SSSR count). The van der Waals surface area contributed by atoms with Gasteiger partial charge in [0.1, 0.15) is 0 Å². The molecule has 2 fully saturated rings. The fraction of sp³-hybridized carbons (Fsp3) is 0.688. The first-order valence-corrected chi connectivity index (χ1v) is 8.15. The number of aromatic nitrogens is 2. The van der Waals surface area contributed by atoms with E-state index in [4.69, 9.17) is 4.74 Å². The highest BCUT2D eigenvalue weighted by atomic mass is 16.5. The number of aryl methyl sites for hydroxylation is 2. The van der Waals surface area contributed by atoms with Gasteiger partial charge >= 0.3 is 0 Å². The summed E-state index contributed by atoms with van der Waals surface area (Å²) in [7, 11) is 1.66. The van der Waals surface area contributed by atoms with Crippen LogP contribution in [0.5, 0.6) is 0 Å². The summed E-state index contributed by atoms with van der Waals surface area (Å²) in [5.41, 5.74) is 0.840. The Balaban J connectivity index is 1.86. The predicted molar refractivity (Wildman–Crippen MR) is 84.0 cm³/mol. The molecule has 2 amide bonds. The molecule has 2 saturated heterocycles. The van der Waals surface area contributed by atoms with Crippen molar-refractivity contribution in [2.75, 3.05) is 33.4 Å². The number of hydrogen-bond donors (Lipinski definition) is 1. The first kappa shape index (κ1) is 16.0. The molecule has 1 aromatic heterocycles. The summed E-state index contributed by atoms with van der Waals surface area (Å²) in [5, 5.41) is 7.12. The summed E-state index contributed by atoms with van der Waals surface area (Å²) in [6.45, 7) is 6.68. The average molecular weight is 320 g/mol. The van der Waals surface area contributed by atoms with E-state index in [2.05, 4.69) is 10.4 Å². The van der Waals surface area contributed by atoms with Crippen LogP contribution in [0.2, 0.25) is 0 Å². The number of hydrogen-bond acceptors (Lipinski definition) is 4. The van der Waals surface area contributed by atoms with Crippen molar-refractivity contribution in [3.63, 3.8) is 0 Å². The van der Waals surface area contributed by atoms with Gasteiger partial charge in [0.25, 0.3) is 5.91 Å². The molecule has 2 atom stereocenters. The van der Waals surface area contributed by atoms with Gasteiger partial charge in [-0.05, 0) is 20.3 Å². The van der Waals surface area contributed by atoms with E-state index in [0.29, 0.717) is 38.3 Å². The number of likely N-dealkylation sites (tertiary alicyclic amines) is 1. The lowest BCUT2D eigenvalue weighted by molar-refractivity contribution is -0.138. The Morgan fingerprint density at radius 2 is 2.30 bits per heavy atom. The molecule has 0 bridgehead atoms. The third-order valence-electron chi connectivity index (χ3n) is 5.17. The minimum absolute atomic E-state index is 0.0158. The molecule has 1 aromatic rings. The van der Waals surface area contributed by atoms with Gasteiger partial charge in [-0.2, -0.15) is 5.10 Å². The number of rotatable bonds is 3. The Labute approximate surface area is 136 Å². The summed E-state index contributed by atoms with van der Waals surface area (Å²) in [5.74, 6) is 0.0311. The van der Waals surface area contributed by atoms with Gasteiger partial charge in [-0.3, -0.25) is 14.3 Å². The maximum absolute atomic E-state index is 12.9. The summed E-state index contributed by atoms with van der Waals surface area (Å²) in [6.07, 6.45) is 2.46. The van der Waals surface area contributed by atoms with Crippen LogP contribution in [0.1, 0.15) is 29.4 Å². The number of nitrogens with one attached hydrogen (secondary N) is 1. The van der Waals surface area contributed by atoms with E-state index in [1.165, 1.54) is 0 Å².